The zero-order valence-corrected chi connectivity index (χ0v) is 15.5. The summed E-state index contributed by atoms with van der Waals surface area (Å²) in [4.78, 5) is 11.9. The molecule has 3 rings (SSSR count). The minimum absolute atomic E-state index is 0.125. The van der Waals surface area contributed by atoms with E-state index in [4.69, 9.17) is 14.2 Å². The SMILES string of the molecule is CCOC(=O)C[C@@H]1[C@@H](O)[C@H](OCc2ccccc2)[C@H]1OCc1ccccc1. The third-order valence-electron chi connectivity index (χ3n) is 4.80. The first-order valence-corrected chi connectivity index (χ1v) is 9.33. The van der Waals surface area contributed by atoms with Crippen molar-refractivity contribution in [2.45, 2.75) is 44.9 Å². The highest BCUT2D eigenvalue weighted by molar-refractivity contribution is 5.70. The van der Waals surface area contributed by atoms with Crippen molar-refractivity contribution >= 4 is 5.97 Å². The molecule has 144 valence electrons. The number of aliphatic hydroxyl groups is 1. The van der Waals surface area contributed by atoms with Crippen molar-refractivity contribution in [1.82, 2.24) is 0 Å². The van der Waals surface area contributed by atoms with E-state index >= 15 is 0 Å². The van der Waals surface area contributed by atoms with Crippen LogP contribution in [0.2, 0.25) is 0 Å². The second kappa shape index (κ2) is 9.65. The fraction of sp³-hybridized carbons (Fsp3) is 0.409. The van der Waals surface area contributed by atoms with Gasteiger partial charge in [0.05, 0.1) is 38.4 Å². The molecular weight excluding hydrogens is 344 g/mol. The molecule has 0 radical (unpaired) electrons. The maximum atomic E-state index is 11.9. The van der Waals surface area contributed by atoms with E-state index in [0.29, 0.717) is 19.8 Å². The summed E-state index contributed by atoms with van der Waals surface area (Å²) in [5, 5.41) is 10.5. The van der Waals surface area contributed by atoms with Gasteiger partial charge in [0.1, 0.15) is 6.10 Å². The second-order valence-corrected chi connectivity index (χ2v) is 6.69. The molecule has 0 spiro atoms. The number of benzene rings is 2. The van der Waals surface area contributed by atoms with Crippen molar-refractivity contribution in [3.05, 3.63) is 71.8 Å². The molecule has 27 heavy (non-hydrogen) atoms. The Bertz CT molecular complexity index is 703. The number of esters is 1. The molecule has 0 unspecified atom stereocenters. The van der Waals surface area contributed by atoms with E-state index in [1.165, 1.54) is 0 Å². The average Bonchev–Trinajstić information content (AvgIpc) is 2.70. The summed E-state index contributed by atoms with van der Waals surface area (Å²) in [7, 11) is 0. The maximum absolute atomic E-state index is 11.9. The first kappa shape index (κ1) is 19.5. The molecule has 2 aromatic rings. The Kier molecular flexibility index (Phi) is 6.98. The van der Waals surface area contributed by atoms with Gasteiger partial charge >= 0.3 is 5.97 Å². The van der Waals surface area contributed by atoms with Crippen LogP contribution in [-0.2, 0) is 32.2 Å². The molecule has 0 aliphatic heterocycles. The van der Waals surface area contributed by atoms with Crippen LogP contribution in [0.4, 0.5) is 0 Å². The molecule has 1 saturated carbocycles. The van der Waals surface area contributed by atoms with E-state index in [9.17, 15) is 9.90 Å². The zero-order valence-electron chi connectivity index (χ0n) is 15.5. The minimum Gasteiger partial charge on any atom is -0.466 e. The first-order valence-electron chi connectivity index (χ1n) is 9.33. The van der Waals surface area contributed by atoms with Crippen molar-refractivity contribution in [3.63, 3.8) is 0 Å². The molecule has 5 heteroatoms. The van der Waals surface area contributed by atoms with Crippen molar-refractivity contribution < 1.29 is 24.1 Å². The van der Waals surface area contributed by atoms with Gasteiger partial charge in [0.15, 0.2) is 0 Å². The van der Waals surface area contributed by atoms with Gasteiger partial charge in [0.25, 0.3) is 0 Å². The van der Waals surface area contributed by atoms with Crippen LogP contribution in [-0.4, -0.2) is 36.0 Å². The van der Waals surface area contributed by atoms with Gasteiger partial charge in [-0.3, -0.25) is 4.79 Å². The third kappa shape index (κ3) is 5.16. The van der Waals surface area contributed by atoms with Gasteiger partial charge in [0, 0.05) is 5.92 Å². The van der Waals surface area contributed by atoms with Gasteiger partial charge in [0.2, 0.25) is 0 Å². The van der Waals surface area contributed by atoms with Gasteiger partial charge in [-0.1, -0.05) is 60.7 Å². The van der Waals surface area contributed by atoms with Gasteiger partial charge in [-0.2, -0.15) is 0 Å². The highest BCUT2D eigenvalue weighted by Gasteiger charge is 2.52. The van der Waals surface area contributed by atoms with Crippen LogP contribution in [0.1, 0.15) is 24.5 Å². The molecule has 4 atom stereocenters. The molecule has 0 aromatic heterocycles. The number of carbonyl (C=O) groups is 1. The van der Waals surface area contributed by atoms with Crippen molar-refractivity contribution in [3.8, 4) is 0 Å². The van der Waals surface area contributed by atoms with Gasteiger partial charge in [-0.25, -0.2) is 0 Å². The summed E-state index contributed by atoms with van der Waals surface area (Å²) < 4.78 is 17.0. The molecule has 0 amide bonds. The molecule has 1 aliphatic carbocycles. The summed E-state index contributed by atoms with van der Waals surface area (Å²) in [6, 6.07) is 19.6. The standard InChI is InChI=1S/C22H26O5/c1-2-25-19(23)13-18-20(24)22(27-15-17-11-7-4-8-12-17)21(18)26-14-16-9-5-3-6-10-16/h3-12,18,20-22,24H,2,13-15H2,1H3/t18-,20-,21+,22+/m1/s1. The van der Waals surface area contributed by atoms with Gasteiger partial charge in [-0.15, -0.1) is 0 Å². The quantitative estimate of drug-likeness (QED) is 0.687. The Balaban J connectivity index is 1.62. The van der Waals surface area contributed by atoms with E-state index in [1.54, 1.807) is 6.92 Å². The Labute approximate surface area is 159 Å². The molecule has 0 heterocycles. The van der Waals surface area contributed by atoms with Crippen molar-refractivity contribution in [1.29, 1.82) is 0 Å². The highest BCUT2D eigenvalue weighted by Crippen LogP contribution is 2.37. The first-order chi connectivity index (χ1) is 13.2. The number of ether oxygens (including phenoxy) is 3. The lowest BCUT2D eigenvalue weighted by Crippen LogP contribution is -2.62. The predicted octanol–water partition coefficient (Wildman–Crippen LogP) is 3.10. The topological polar surface area (TPSA) is 65.0 Å². The normalized spacial score (nSPS) is 24.2. The minimum atomic E-state index is -0.751. The lowest BCUT2D eigenvalue weighted by Gasteiger charge is -2.48. The molecule has 5 nitrogen and oxygen atoms in total. The summed E-state index contributed by atoms with van der Waals surface area (Å²) in [5.74, 6) is -0.648. The number of aliphatic hydroxyl groups excluding tert-OH is 1. The van der Waals surface area contributed by atoms with E-state index in [-0.39, 0.29) is 24.4 Å². The van der Waals surface area contributed by atoms with Gasteiger partial charge < -0.3 is 19.3 Å². The van der Waals surface area contributed by atoms with Gasteiger partial charge in [-0.05, 0) is 18.1 Å². The van der Waals surface area contributed by atoms with Crippen LogP contribution in [0.15, 0.2) is 60.7 Å². The summed E-state index contributed by atoms with van der Waals surface area (Å²) in [5.41, 5.74) is 2.07. The third-order valence-corrected chi connectivity index (χ3v) is 4.80. The van der Waals surface area contributed by atoms with E-state index in [0.717, 1.165) is 11.1 Å². The monoisotopic (exact) mass is 370 g/mol. The van der Waals surface area contributed by atoms with Crippen LogP contribution >= 0.6 is 0 Å². The lowest BCUT2D eigenvalue weighted by atomic mass is 9.73. The Morgan fingerprint density at radius 1 is 0.889 bits per heavy atom. The Hall–Kier alpha value is -2.21. The van der Waals surface area contributed by atoms with Crippen LogP contribution in [0, 0.1) is 5.92 Å². The lowest BCUT2D eigenvalue weighted by molar-refractivity contribution is -0.242. The summed E-state index contributed by atoms with van der Waals surface area (Å²) in [6.07, 6.45) is -1.44. The Morgan fingerprint density at radius 3 is 1.93 bits per heavy atom. The van der Waals surface area contributed by atoms with E-state index in [1.807, 2.05) is 60.7 Å². The molecule has 1 aliphatic rings. The molecular formula is C22H26O5. The fourth-order valence-corrected chi connectivity index (χ4v) is 3.32. The van der Waals surface area contributed by atoms with Crippen LogP contribution in [0.25, 0.3) is 0 Å². The summed E-state index contributed by atoms with van der Waals surface area (Å²) >= 11 is 0. The Morgan fingerprint density at radius 2 is 1.41 bits per heavy atom. The molecule has 1 N–H and O–H groups in total. The smallest absolute Gasteiger partial charge is 0.306 e. The maximum Gasteiger partial charge on any atom is 0.306 e. The zero-order chi connectivity index (χ0) is 19.1. The highest BCUT2D eigenvalue weighted by atomic mass is 16.6. The number of hydrogen-bond acceptors (Lipinski definition) is 5. The number of rotatable bonds is 9. The number of carbonyl (C=O) groups excluding carboxylic acids is 1. The average molecular weight is 370 g/mol. The molecule has 0 bridgehead atoms. The summed E-state index contributed by atoms with van der Waals surface area (Å²) in [6.45, 7) is 2.89. The van der Waals surface area contributed by atoms with Crippen molar-refractivity contribution in [2.24, 2.45) is 5.92 Å². The van der Waals surface area contributed by atoms with Crippen molar-refractivity contribution in [2.75, 3.05) is 6.61 Å². The molecule has 0 saturated heterocycles. The van der Waals surface area contributed by atoms with E-state index < -0.39 is 12.2 Å². The predicted molar refractivity (Wildman–Crippen MR) is 101 cm³/mol. The van der Waals surface area contributed by atoms with E-state index in [2.05, 4.69) is 0 Å². The van der Waals surface area contributed by atoms with Crippen LogP contribution in [0.5, 0.6) is 0 Å². The molecule has 1 fully saturated rings. The largest absolute Gasteiger partial charge is 0.466 e. The second-order valence-electron chi connectivity index (χ2n) is 6.69. The van der Waals surface area contributed by atoms with Crippen LogP contribution in [0.3, 0.4) is 0 Å². The molecule has 2 aromatic carbocycles. The van der Waals surface area contributed by atoms with Crippen LogP contribution < -0.4 is 0 Å². The number of hydrogen-bond donors (Lipinski definition) is 1. The fourth-order valence-electron chi connectivity index (χ4n) is 3.32.